The van der Waals surface area contributed by atoms with Crippen LogP contribution in [0.5, 0.6) is 0 Å². The molecule has 1 saturated carbocycles. The molecule has 0 amide bonds. The van der Waals surface area contributed by atoms with Gasteiger partial charge in [0.1, 0.15) is 5.69 Å². The van der Waals surface area contributed by atoms with Gasteiger partial charge in [-0.2, -0.15) is 5.10 Å². The van der Waals surface area contributed by atoms with Crippen molar-refractivity contribution in [1.29, 1.82) is 0 Å². The van der Waals surface area contributed by atoms with Gasteiger partial charge in [-0.25, -0.2) is 4.68 Å². The van der Waals surface area contributed by atoms with Crippen LogP contribution < -0.4 is 5.73 Å². The Bertz CT molecular complexity index is 600. The molecule has 0 aliphatic heterocycles. The molecule has 0 aromatic carbocycles. The second kappa shape index (κ2) is 4.14. The Labute approximate surface area is 104 Å². The molecule has 1 fully saturated rings. The first-order valence-corrected chi connectivity index (χ1v) is 5.78. The van der Waals surface area contributed by atoms with Crippen LogP contribution >= 0.6 is 0 Å². The molecule has 0 spiro atoms. The number of nitrogens with zero attached hydrogens (tertiary/aromatic N) is 4. The average molecular weight is 243 g/mol. The van der Waals surface area contributed by atoms with Gasteiger partial charge in [-0.15, -0.1) is 0 Å². The zero-order valence-corrected chi connectivity index (χ0v) is 9.69. The molecule has 1 aliphatic carbocycles. The van der Waals surface area contributed by atoms with Crippen molar-refractivity contribution in [2.75, 3.05) is 0 Å². The van der Waals surface area contributed by atoms with E-state index >= 15 is 0 Å². The van der Waals surface area contributed by atoms with Crippen LogP contribution in [0, 0.1) is 0 Å². The summed E-state index contributed by atoms with van der Waals surface area (Å²) in [6.45, 7) is 0. The van der Waals surface area contributed by atoms with Gasteiger partial charge in [-0.05, 0) is 31.0 Å². The monoisotopic (exact) mass is 243 g/mol. The van der Waals surface area contributed by atoms with Gasteiger partial charge in [0, 0.05) is 18.3 Å². The zero-order chi connectivity index (χ0) is 12.5. The molecule has 1 aliphatic rings. The van der Waals surface area contributed by atoms with Crippen molar-refractivity contribution in [2.45, 2.75) is 18.8 Å². The van der Waals surface area contributed by atoms with Crippen LogP contribution in [0.1, 0.15) is 30.1 Å². The predicted octanol–water partition coefficient (Wildman–Crippen LogP) is 1.24. The summed E-state index contributed by atoms with van der Waals surface area (Å²) >= 11 is 0. The van der Waals surface area contributed by atoms with Crippen molar-refractivity contribution >= 4 is 5.84 Å². The van der Waals surface area contributed by atoms with E-state index in [9.17, 15) is 0 Å². The van der Waals surface area contributed by atoms with Gasteiger partial charge in [0.15, 0.2) is 5.84 Å². The fourth-order valence-corrected chi connectivity index (χ4v) is 1.90. The Morgan fingerprint density at radius 3 is 3.00 bits per heavy atom. The number of hydrogen-bond acceptors (Lipinski definition) is 4. The van der Waals surface area contributed by atoms with Crippen LogP contribution in [0.15, 0.2) is 35.7 Å². The average Bonchev–Trinajstić information content (AvgIpc) is 3.16. The number of oxime groups is 1. The van der Waals surface area contributed by atoms with Gasteiger partial charge in [0.25, 0.3) is 0 Å². The van der Waals surface area contributed by atoms with E-state index in [4.69, 9.17) is 10.9 Å². The Balaban J connectivity index is 2.04. The molecule has 0 unspecified atom stereocenters. The highest BCUT2D eigenvalue weighted by Crippen LogP contribution is 2.39. The summed E-state index contributed by atoms with van der Waals surface area (Å²) in [5.74, 6) is 0.573. The molecule has 3 rings (SSSR count). The fraction of sp³-hybridized carbons (Fsp3) is 0.250. The molecule has 2 aromatic heterocycles. The highest BCUT2D eigenvalue weighted by molar-refractivity contribution is 5.98. The highest BCUT2D eigenvalue weighted by Gasteiger charge is 2.26. The fourth-order valence-electron chi connectivity index (χ4n) is 1.90. The second-order valence-electron chi connectivity index (χ2n) is 4.32. The first-order valence-electron chi connectivity index (χ1n) is 5.78. The van der Waals surface area contributed by atoms with Crippen LogP contribution in [0.3, 0.4) is 0 Å². The standard InChI is InChI=1S/C12H13N5O/c13-12(16-18)11-10(2-1-6-14-11)17-7-5-9(15-17)8-3-4-8/h1-2,5-8,18H,3-4H2,(H2,13,16). The lowest BCUT2D eigenvalue weighted by Crippen LogP contribution is -2.18. The van der Waals surface area contributed by atoms with Crippen molar-refractivity contribution in [3.63, 3.8) is 0 Å². The maximum absolute atomic E-state index is 8.76. The number of hydrogen-bond donors (Lipinski definition) is 2. The molecule has 3 N–H and O–H groups in total. The molecular formula is C12H13N5O. The lowest BCUT2D eigenvalue weighted by molar-refractivity contribution is 0.318. The molecule has 6 heteroatoms. The van der Waals surface area contributed by atoms with Gasteiger partial charge >= 0.3 is 0 Å². The van der Waals surface area contributed by atoms with Crippen molar-refractivity contribution in [3.8, 4) is 5.69 Å². The SMILES string of the molecule is N/C(=N/O)c1ncccc1-n1ccc(C2CC2)n1. The first kappa shape index (κ1) is 10.8. The molecule has 6 nitrogen and oxygen atoms in total. The topological polar surface area (TPSA) is 89.3 Å². The van der Waals surface area contributed by atoms with Crippen LogP contribution in [0.25, 0.3) is 5.69 Å². The molecular weight excluding hydrogens is 230 g/mol. The van der Waals surface area contributed by atoms with E-state index in [1.165, 1.54) is 12.8 Å². The molecule has 18 heavy (non-hydrogen) atoms. The zero-order valence-electron chi connectivity index (χ0n) is 9.69. The third-order valence-electron chi connectivity index (χ3n) is 2.99. The lowest BCUT2D eigenvalue weighted by Gasteiger charge is -2.06. The number of nitrogens with two attached hydrogens (primary N) is 1. The van der Waals surface area contributed by atoms with Crippen molar-refractivity contribution in [2.24, 2.45) is 10.9 Å². The van der Waals surface area contributed by atoms with E-state index in [-0.39, 0.29) is 5.84 Å². The second-order valence-corrected chi connectivity index (χ2v) is 4.32. The maximum Gasteiger partial charge on any atom is 0.190 e. The van der Waals surface area contributed by atoms with E-state index in [2.05, 4.69) is 15.2 Å². The van der Waals surface area contributed by atoms with Gasteiger partial charge < -0.3 is 10.9 Å². The van der Waals surface area contributed by atoms with E-state index in [0.29, 0.717) is 17.3 Å². The van der Waals surface area contributed by atoms with E-state index in [1.54, 1.807) is 16.9 Å². The molecule has 0 radical (unpaired) electrons. The molecule has 0 atom stereocenters. The first-order chi connectivity index (χ1) is 8.79. The minimum absolute atomic E-state index is 0.0194. The summed E-state index contributed by atoms with van der Waals surface area (Å²) in [5.41, 5.74) is 7.82. The van der Waals surface area contributed by atoms with Crippen molar-refractivity contribution in [3.05, 3.63) is 42.0 Å². The van der Waals surface area contributed by atoms with E-state index < -0.39 is 0 Å². The lowest BCUT2D eigenvalue weighted by atomic mass is 10.3. The molecule has 2 aromatic rings. The molecule has 0 saturated heterocycles. The van der Waals surface area contributed by atoms with Crippen molar-refractivity contribution < 1.29 is 5.21 Å². The van der Waals surface area contributed by atoms with E-state index in [1.807, 2.05) is 18.3 Å². The van der Waals surface area contributed by atoms with Crippen molar-refractivity contribution in [1.82, 2.24) is 14.8 Å². The molecule has 92 valence electrons. The predicted molar refractivity (Wildman–Crippen MR) is 65.8 cm³/mol. The third-order valence-corrected chi connectivity index (χ3v) is 2.99. The number of amidine groups is 1. The minimum Gasteiger partial charge on any atom is -0.409 e. The largest absolute Gasteiger partial charge is 0.409 e. The number of pyridine rings is 1. The quantitative estimate of drug-likeness (QED) is 0.367. The molecule has 0 bridgehead atoms. The Hall–Kier alpha value is -2.37. The third kappa shape index (κ3) is 1.81. The highest BCUT2D eigenvalue weighted by atomic mass is 16.4. The summed E-state index contributed by atoms with van der Waals surface area (Å²) in [5, 5.41) is 16.3. The summed E-state index contributed by atoms with van der Waals surface area (Å²) in [6, 6.07) is 5.63. The Morgan fingerprint density at radius 2 is 2.28 bits per heavy atom. The van der Waals surface area contributed by atoms with Gasteiger partial charge in [-0.3, -0.25) is 4.98 Å². The maximum atomic E-state index is 8.76. The minimum atomic E-state index is -0.0194. The summed E-state index contributed by atoms with van der Waals surface area (Å²) < 4.78 is 1.72. The Kier molecular flexibility index (Phi) is 2.47. The number of rotatable bonds is 3. The van der Waals surface area contributed by atoms with Crippen LogP contribution in [0.4, 0.5) is 0 Å². The summed E-state index contributed by atoms with van der Waals surface area (Å²) in [7, 11) is 0. The molecule has 2 heterocycles. The summed E-state index contributed by atoms with van der Waals surface area (Å²) in [4.78, 5) is 4.12. The summed E-state index contributed by atoms with van der Waals surface area (Å²) in [6.07, 6.45) is 5.88. The van der Waals surface area contributed by atoms with Crippen LogP contribution in [-0.2, 0) is 0 Å². The van der Waals surface area contributed by atoms with Crippen LogP contribution in [-0.4, -0.2) is 25.8 Å². The van der Waals surface area contributed by atoms with Crippen LogP contribution in [0.2, 0.25) is 0 Å². The van der Waals surface area contributed by atoms with Gasteiger partial charge in [-0.1, -0.05) is 5.16 Å². The smallest absolute Gasteiger partial charge is 0.190 e. The number of aromatic nitrogens is 3. The van der Waals surface area contributed by atoms with Gasteiger partial charge in [0.05, 0.1) is 11.4 Å². The van der Waals surface area contributed by atoms with E-state index in [0.717, 1.165) is 5.69 Å². The normalized spacial score (nSPS) is 15.9. The Morgan fingerprint density at radius 1 is 1.44 bits per heavy atom. The van der Waals surface area contributed by atoms with Gasteiger partial charge in [0.2, 0.25) is 0 Å².